The van der Waals surface area contributed by atoms with Crippen LogP contribution >= 0.6 is 12.4 Å². The summed E-state index contributed by atoms with van der Waals surface area (Å²) in [6.07, 6.45) is 0. The molecule has 0 aliphatic heterocycles. The summed E-state index contributed by atoms with van der Waals surface area (Å²) in [6.45, 7) is 4.06. The molecule has 2 nitrogen and oxygen atoms in total. The van der Waals surface area contributed by atoms with Gasteiger partial charge in [-0.3, -0.25) is 5.41 Å². The number of nitrogen functional groups attached to an aromatic ring is 1. The second kappa shape index (κ2) is 4.12. The Morgan fingerprint density at radius 2 is 1.83 bits per heavy atom. The maximum atomic E-state index is 7.18. The predicted octanol–water partition coefficient (Wildman–Crippen LogP) is 2.01. The summed E-state index contributed by atoms with van der Waals surface area (Å²) < 4.78 is 0. The fraction of sp³-hybridized carbons (Fsp3) is 0.222. The lowest BCUT2D eigenvalue weighted by molar-refractivity contribution is 1.32. The van der Waals surface area contributed by atoms with Crippen LogP contribution in [0.4, 0.5) is 0 Å². The van der Waals surface area contributed by atoms with Crippen LogP contribution in [0, 0.1) is 19.3 Å². The van der Waals surface area contributed by atoms with E-state index in [-0.39, 0.29) is 18.2 Å². The lowest BCUT2D eigenvalue weighted by Crippen LogP contribution is -2.11. The number of nitrogens with one attached hydrogen (secondary N) is 1. The first-order valence-electron chi connectivity index (χ1n) is 3.53. The smallest absolute Gasteiger partial charge is 0.122 e. The van der Waals surface area contributed by atoms with Crippen LogP contribution in [0.3, 0.4) is 0 Å². The van der Waals surface area contributed by atoms with E-state index in [0.29, 0.717) is 0 Å². The molecule has 3 heteroatoms. The quantitative estimate of drug-likeness (QED) is 0.509. The highest BCUT2D eigenvalue weighted by Crippen LogP contribution is 2.08. The third-order valence-corrected chi connectivity index (χ3v) is 1.82. The van der Waals surface area contributed by atoms with E-state index in [2.05, 4.69) is 0 Å². The molecule has 0 aromatic heterocycles. The molecule has 0 spiro atoms. The molecule has 0 saturated carbocycles. The average Bonchev–Trinajstić information content (AvgIpc) is 1.94. The lowest BCUT2D eigenvalue weighted by atomic mass is 10.1. The Labute approximate surface area is 78.7 Å². The van der Waals surface area contributed by atoms with Crippen LogP contribution < -0.4 is 5.73 Å². The Balaban J connectivity index is 0.00000121. The zero-order valence-electron chi connectivity index (χ0n) is 7.22. The van der Waals surface area contributed by atoms with Crippen LogP contribution in [0.1, 0.15) is 16.7 Å². The first kappa shape index (κ1) is 11.0. The molecule has 0 fully saturated rings. The van der Waals surface area contributed by atoms with Crippen molar-refractivity contribution in [2.24, 2.45) is 5.73 Å². The molecule has 66 valence electrons. The highest BCUT2D eigenvalue weighted by atomic mass is 35.5. The largest absolute Gasteiger partial charge is 0.384 e. The number of nitrogens with two attached hydrogens (primary N) is 1. The van der Waals surface area contributed by atoms with Crippen molar-refractivity contribution < 1.29 is 0 Å². The summed E-state index contributed by atoms with van der Waals surface area (Å²) in [5.41, 5.74) is 8.53. The van der Waals surface area contributed by atoms with Gasteiger partial charge in [0.2, 0.25) is 0 Å². The Bertz CT molecular complexity index is 295. The zero-order valence-corrected chi connectivity index (χ0v) is 8.03. The third kappa shape index (κ3) is 2.24. The average molecular weight is 185 g/mol. The van der Waals surface area contributed by atoms with Crippen molar-refractivity contribution in [3.8, 4) is 0 Å². The topological polar surface area (TPSA) is 49.9 Å². The highest BCUT2D eigenvalue weighted by Gasteiger charge is 1.97. The maximum absolute atomic E-state index is 7.18. The van der Waals surface area contributed by atoms with Crippen LogP contribution in [0.5, 0.6) is 0 Å². The van der Waals surface area contributed by atoms with Gasteiger partial charge < -0.3 is 5.73 Å². The Morgan fingerprint density at radius 1 is 1.25 bits per heavy atom. The van der Waals surface area contributed by atoms with Crippen molar-refractivity contribution in [3.63, 3.8) is 0 Å². The molecule has 0 aliphatic carbocycles. The summed E-state index contributed by atoms with van der Waals surface area (Å²) in [5, 5.41) is 7.18. The van der Waals surface area contributed by atoms with E-state index >= 15 is 0 Å². The van der Waals surface area contributed by atoms with Gasteiger partial charge in [-0.15, -0.1) is 12.4 Å². The van der Waals surface area contributed by atoms with E-state index in [9.17, 15) is 0 Å². The molecule has 0 amide bonds. The molecule has 0 heterocycles. The van der Waals surface area contributed by atoms with Crippen molar-refractivity contribution in [1.29, 1.82) is 5.41 Å². The molecule has 0 aliphatic rings. The second-order valence-corrected chi connectivity index (χ2v) is 2.71. The number of benzene rings is 1. The molecule has 1 rings (SSSR count). The SMILES string of the molecule is Cc1ccc(C(=N)N)cc1C.Cl. The first-order valence-corrected chi connectivity index (χ1v) is 3.53. The van der Waals surface area contributed by atoms with Gasteiger partial charge in [-0.2, -0.15) is 0 Å². The fourth-order valence-corrected chi connectivity index (χ4v) is 0.909. The molecule has 1 aromatic carbocycles. The van der Waals surface area contributed by atoms with Crippen molar-refractivity contribution >= 4 is 18.2 Å². The number of amidine groups is 1. The fourth-order valence-electron chi connectivity index (χ4n) is 0.909. The maximum Gasteiger partial charge on any atom is 0.122 e. The van der Waals surface area contributed by atoms with Gasteiger partial charge in [0.1, 0.15) is 5.84 Å². The van der Waals surface area contributed by atoms with Gasteiger partial charge in [-0.05, 0) is 31.0 Å². The molecule has 3 N–H and O–H groups in total. The predicted molar refractivity (Wildman–Crippen MR) is 54.2 cm³/mol. The highest BCUT2D eigenvalue weighted by molar-refractivity contribution is 5.95. The normalized spacial score (nSPS) is 8.83. The van der Waals surface area contributed by atoms with E-state index in [1.54, 1.807) is 0 Å². The number of aryl methyl sites for hydroxylation is 2. The third-order valence-electron chi connectivity index (χ3n) is 1.82. The number of hydrogen-bond donors (Lipinski definition) is 2. The molecule has 0 saturated heterocycles. The van der Waals surface area contributed by atoms with Gasteiger partial charge in [0.05, 0.1) is 0 Å². The first-order chi connectivity index (χ1) is 5.11. The van der Waals surface area contributed by atoms with Crippen LogP contribution in [-0.2, 0) is 0 Å². The number of rotatable bonds is 1. The summed E-state index contributed by atoms with van der Waals surface area (Å²) in [6, 6.07) is 5.77. The minimum Gasteiger partial charge on any atom is -0.384 e. The molecule has 0 radical (unpaired) electrons. The Kier molecular flexibility index (Phi) is 3.77. The van der Waals surface area contributed by atoms with Gasteiger partial charge >= 0.3 is 0 Å². The van der Waals surface area contributed by atoms with Gasteiger partial charge in [0, 0.05) is 5.56 Å². The van der Waals surface area contributed by atoms with Crippen LogP contribution in [-0.4, -0.2) is 5.84 Å². The molecular weight excluding hydrogens is 172 g/mol. The molecule has 1 aromatic rings. The van der Waals surface area contributed by atoms with Gasteiger partial charge in [-0.25, -0.2) is 0 Å². The van der Waals surface area contributed by atoms with Crippen molar-refractivity contribution in [3.05, 3.63) is 34.9 Å². The standard InChI is InChI=1S/C9H12N2.ClH/c1-6-3-4-8(9(10)11)5-7(6)2;/h3-5H,1-2H3,(H3,10,11);1H. The Morgan fingerprint density at radius 3 is 2.25 bits per heavy atom. The van der Waals surface area contributed by atoms with E-state index in [1.807, 2.05) is 32.0 Å². The van der Waals surface area contributed by atoms with Gasteiger partial charge in [0.15, 0.2) is 0 Å². The molecule has 12 heavy (non-hydrogen) atoms. The molecule has 0 unspecified atom stereocenters. The van der Waals surface area contributed by atoms with Crippen LogP contribution in [0.25, 0.3) is 0 Å². The van der Waals surface area contributed by atoms with Crippen molar-refractivity contribution in [1.82, 2.24) is 0 Å². The van der Waals surface area contributed by atoms with Crippen LogP contribution in [0.15, 0.2) is 18.2 Å². The van der Waals surface area contributed by atoms with E-state index in [1.165, 1.54) is 11.1 Å². The van der Waals surface area contributed by atoms with E-state index in [4.69, 9.17) is 11.1 Å². The Hall–Kier alpha value is -1.02. The van der Waals surface area contributed by atoms with Gasteiger partial charge in [0.25, 0.3) is 0 Å². The van der Waals surface area contributed by atoms with E-state index in [0.717, 1.165) is 5.56 Å². The number of halogens is 1. The van der Waals surface area contributed by atoms with Gasteiger partial charge in [-0.1, -0.05) is 12.1 Å². The second-order valence-electron chi connectivity index (χ2n) is 2.71. The van der Waals surface area contributed by atoms with E-state index < -0.39 is 0 Å². The van der Waals surface area contributed by atoms with Crippen molar-refractivity contribution in [2.75, 3.05) is 0 Å². The summed E-state index contributed by atoms with van der Waals surface area (Å²) in [7, 11) is 0. The lowest BCUT2D eigenvalue weighted by Gasteiger charge is -2.02. The minimum absolute atomic E-state index is 0. The molecular formula is C9H13ClN2. The number of hydrogen-bond acceptors (Lipinski definition) is 1. The van der Waals surface area contributed by atoms with Crippen molar-refractivity contribution in [2.45, 2.75) is 13.8 Å². The summed E-state index contributed by atoms with van der Waals surface area (Å²) >= 11 is 0. The summed E-state index contributed by atoms with van der Waals surface area (Å²) in [5.74, 6) is 0.133. The summed E-state index contributed by atoms with van der Waals surface area (Å²) in [4.78, 5) is 0. The molecule has 0 atom stereocenters. The monoisotopic (exact) mass is 184 g/mol. The van der Waals surface area contributed by atoms with Crippen LogP contribution in [0.2, 0.25) is 0 Å². The molecule has 0 bridgehead atoms. The zero-order chi connectivity index (χ0) is 8.43. The minimum atomic E-state index is 0.